The molecular formula is C15H17N3. The van der Waals surface area contributed by atoms with Crippen LogP contribution in [0.2, 0.25) is 0 Å². The summed E-state index contributed by atoms with van der Waals surface area (Å²) in [6, 6.07) is 10.8. The predicted octanol–water partition coefficient (Wildman–Crippen LogP) is 2.81. The molecule has 0 saturated carbocycles. The third-order valence-corrected chi connectivity index (χ3v) is 3.50. The van der Waals surface area contributed by atoms with E-state index >= 15 is 0 Å². The summed E-state index contributed by atoms with van der Waals surface area (Å²) in [7, 11) is 0. The van der Waals surface area contributed by atoms with Crippen LogP contribution in [-0.4, -0.2) is 21.4 Å². The van der Waals surface area contributed by atoms with Gasteiger partial charge >= 0.3 is 0 Å². The summed E-state index contributed by atoms with van der Waals surface area (Å²) in [5, 5.41) is 0. The molecule has 0 spiro atoms. The molecule has 0 aromatic carbocycles. The van der Waals surface area contributed by atoms with Gasteiger partial charge in [0.2, 0.25) is 0 Å². The predicted molar refractivity (Wildman–Crippen MR) is 70.9 cm³/mol. The van der Waals surface area contributed by atoms with E-state index in [9.17, 15) is 0 Å². The lowest BCUT2D eigenvalue weighted by atomic mass is 10.1. The van der Waals surface area contributed by atoms with Crippen molar-refractivity contribution < 1.29 is 0 Å². The van der Waals surface area contributed by atoms with E-state index in [0.717, 1.165) is 13.1 Å². The van der Waals surface area contributed by atoms with Gasteiger partial charge in [0.25, 0.3) is 0 Å². The molecule has 1 fully saturated rings. The van der Waals surface area contributed by atoms with Crippen molar-refractivity contribution in [3.05, 3.63) is 60.2 Å². The van der Waals surface area contributed by atoms with Crippen molar-refractivity contribution in [2.75, 3.05) is 6.54 Å². The second-order valence-corrected chi connectivity index (χ2v) is 4.74. The van der Waals surface area contributed by atoms with Gasteiger partial charge in [-0.1, -0.05) is 12.1 Å². The van der Waals surface area contributed by atoms with Crippen LogP contribution in [0.25, 0.3) is 0 Å². The Kier molecular flexibility index (Phi) is 3.33. The molecule has 0 bridgehead atoms. The van der Waals surface area contributed by atoms with Crippen molar-refractivity contribution in [2.24, 2.45) is 0 Å². The summed E-state index contributed by atoms with van der Waals surface area (Å²) in [5.41, 5.74) is 2.47. The molecule has 2 aromatic rings. The Bertz CT molecular complexity index is 484. The van der Waals surface area contributed by atoms with E-state index in [1.54, 1.807) is 0 Å². The number of pyridine rings is 2. The average molecular weight is 239 g/mol. The molecule has 92 valence electrons. The Morgan fingerprint density at radius 3 is 2.94 bits per heavy atom. The van der Waals surface area contributed by atoms with Gasteiger partial charge in [0.1, 0.15) is 0 Å². The minimum atomic E-state index is 0.464. The number of hydrogen-bond acceptors (Lipinski definition) is 3. The van der Waals surface area contributed by atoms with Crippen molar-refractivity contribution in [3.8, 4) is 0 Å². The summed E-state index contributed by atoms with van der Waals surface area (Å²) in [6.07, 6.45) is 8.12. The molecule has 0 aliphatic carbocycles. The molecule has 0 radical (unpaired) electrons. The lowest BCUT2D eigenvalue weighted by Gasteiger charge is -2.23. The van der Waals surface area contributed by atoms with Gasteiger partial charge in [0.05, 0.1) is 11.7 Å². The molecule has 3 heteroatoms. The summed E-state index contributed by atoms with van der Waals surface area (Å²) in [6.45, 7) is 2.12. The normalized spacial score (nSPS) is 20.1. The lowest BCUT2D eigenvalue weighted by Crippen LogP contribution is -2.23. The van der Waals surface area contributed by atoms with Crippen LogP contribution < -0.4 is 0 Å². The Morgan fingerprint density at radius 2 is 2.17 bits per heavy atom. The van der Waals surface area contributed by atoms with Crippen LogP contribution in [0.5, 0.6) is 0 Å². The highest BCUT2D eigenvalue weighted by atomic mass is 15.2. The van der Waals surface area contributed by atoms with Gasteiger partial charge in [-0.25, -0.2) is 0 Å². The largest absolute Gasteiger partial charge is 0.290 e. The highest BCUT2D eigenvalue weighted by molar-refractivity contribution is 5.13. The molecule has 2 aromatic heterocycles. The molecule has 1 aliphatic heterocycles. The maximum atomic E-state index is 4.50. The fraction of sp³-hybridized carbons (Fsp3) is 0.333. The van der Waals surface area contributed by atoms with Gasteiger partial charge in [0.15, 0.2) is 0 Å². The van der Waals surface area contributed by atoms with Crippen molar-refractivity contribution in [1.82, 2.24) is 14.9 Å². The summed E-state index contributed by atoms with van der Waals surface area (Å²) in [5.74, 6) is 0. The zero-order valence-corrected chi connectivity index (χ0v) is 10.4. The van der Waals surface area contributed by atoms with E-state index in [1.165, 1.54) is 24.1 Å². The van der Waals surface area contributed by atoms with Crippen LogP contribution in [0.4, 0.5) is 0 Å². The number of hydrogen-bond donors (Lipinski definition) is 0. The standard InChI is InChI=1S/C15H17N3/c1-2-9-17-14(6-1)15-7-4-10-18(15)12-13-5-3-8-16-11-13/h1-3,5-6,8-9,11,15H,4,7,10,12H2. The Balaban J connectivity index is 1.76. The molecular weight excluding hydrogens is 222 g/mol. The minimum Gasteiger partial charge on any atom is -0.290 e. The number of likely N-dealkylation sites (tertiary alicyclic amines) is 1. The van der Waals surface area contributed by atoms with Crippen LogP contribution in [0, 0.1) is 0 Å². The lowest BCUT2D eigenvalue weighted by molar-refractivity contribution is 0.244. The first-order valence-electron chi connectivity index (χ1n) is 6.47. The van der Waals surface area contributed by atoms with Crippen LogP contribution in [0.15, 0.2) is 48.9 Å². The SMILES string of the molecule is c1ccc(C2CCCN2Cc2cccnc2)nc1. The Hall–Kier alpha value is -1.74. The fourth-order valence-corrected chi connectivity index (χ4v) is 2.65. The second kappa shape index (κ2) is 5.27. The van der Waals surface area contributed by atoms with Crippen molar-refractivity contribution >= 4 is 0 Å². The first kappa shape index (κ1) is 11.4. The highest BCUT2D eigenvalue weighted by Gasteiger charge is 2.26. The first-order chi connectivity index (χ1) is 8.93. The monoisotopic (exact) mass is 239 g/mol. The fourth-order valence-electron chi connectivity index (χ4n) is 2.65. The third-order valence-electron chi connectivity index (χ3n) is 3.50. The molecule has 0 amide bonds. The van der Waals surface area contributed by atoms with Gasteiger partial charge in [-0.2, -0.15) is 0 Å². The number of aromatic nitrogens is 2. The summed E-state index contributed by atoms with van der Waals surface area (Å²) in [4.78, 5) is 11.2. The first-order valence-corrected chi connectivity index (χ1v) is 6.47. The maximum Gasteiger partial charge on any atom is 0.0575 e. The molecule has 18 heavy (non-hydrogen) atoms. The zero-order chi connectivity index (χ0) is 12.2. The summed E-state index contributed by atoms with van der Waals surface area (Å²) >= 11 is 0. The van der Waals surface area contributed by atoms with Crippen LogP contribution in [0.1, 0.15) is 30.1 Å². The van der Waals surface area contributed by atoms with Gasteiger partial charge in [-0.15, -0.1) is 0 Å². The third kappa shape index (κ3) is 2.41. The van der Waals surface area contributed by atoms with E-state index in [-0.39, 0.29) is 0 Å². The van der Waals surface area contributed by atoms with Gasteiger partial charge < -0.3 is 0 Å². The van der Waals surface area contributed by atoms with Crippen molar-refractivity contribution in [1.29, 1.82) is 0 Å². The van der Waals surface area contributed by atoms with Gasteiger partial charge in [-0.05, 0) is 43.1 Å². The van der Waals surface area contributed by atoms with E-state index in [0.29, 0.717) is 6.04 Å². The highest BCUT2D eigenvalue weighted by Crippen LogP contribution is 2.31. The van der Waals surface area contributed by atoms with Crippen LogP contribution in [0.3, 0.4) is 0 Å². The van der Waals surface area contributed by atoms with Crippen LogP contribution >= 0.6 is 0 Å². The minimum absolute atomic E-state index is 0.464. The zero-order valence-electron chi connectivity index (χ0n) is 10.4. The molecule has 1 aliphatic rings. The summed E-state index contributed by atoms with van der Waals surface area (Å²) < 4.78 is 0. The quantitative estimate of drug-likeness (QED) is 0.824. The van der Waals surface area contributed by atoms with E-state index in [2.05, 4.69) is 33.1 Å². The average Bonchev–Trinajstić information content (AvgIpc) is 2.89. The Morgan fingerprint density at radius 1 is 1.17 bits per heavy atom. The van der Waals surface area contributed by atoms with E-state index in [1.807, 2.05) is 30.7 Å². The number of rotatable bonds is 3. The molecule has 0 N–H and O–H groups in total. The van der Waals surface area contributed by atoms with E-state index < -0.39 is 0 Å². The smallest absolute Gasteiger partial charge is 0.0575 e. The molecule has 3 nitrogen and oxygen atoms in total. The molecule has 1 saturated heterocycles. The second-order valence-electron chi connectivity index (χ2n) is 4.74. The molecule has 3 rings (SSSR count). The van der Waals surface area contributed by atoms with Crippen molar-refractivity contribution in [3.63, 3.8) is 0 Å². The van der Waals surface area contributed by atoms with E-state index in [4.69, 9.17) is 0 Å². The topological polar surface area (TPSA) is 29.0 Å². The molecule has 3 heterocycles. The number of nitrogens with zero attached hydrogens (tertiary/aromatic N) is 3. The van der Waals surface area contributed by atoms with Gasteiger partial charge in [-0.3, -0.25) is 14.9 Å². The molecule has 1 unspecified atom stereocenters. The maximum absolute atomic E-state index is 4.50. The molecule has 1 atom stereocenters. The van der Waals surface area contributed by atoms with Crippen LogP contribution in [-0.2, 0) is 6.54 Å². The van der Waals surface area contributed by atoms with Crippen molar-refractivity contribution in [2.45, 2.75) is 25.4 Å². The van der Waals surface area contributed by atoms with Gasteiger partial charge in [0, 0.05) is 25.1 Å². The Labute approximate surface area is 108 Å².